The first-order valence-corrected chi connectivity index (χ1v) is 9.09. The average Bonchev–Trinajstić information content (AvgIpc) is 2.67. The number of hydrogen-bond acceptors (Lipinski definition) is 0. The maximum atomic E-state index is 2.36. The normalized spacial score (nSPS) is 19.7. The Morgan fingerprint density at radius 2 is 1.25 bits per heavy atom. The summed E-state index contributed by atoms with van der Waals surface area (Å²) >= 11 is 0. The molecule has 3 aromatic rings. The number of rotatable bonds is 4. The molecule has 0 bridgehead atoms. The van der Waals surface area contributed by atoms with Crippen LogP contribution in [-0.4, -0.2) is 0 Å². The molecule has 0 heterocycles. The molecule has 0 spiro atoms. The van der Waals surface area contributed by atoms with Crippen molar-refractivity contribution in [1.29, 1.82) is 0 Å². The van der Waals surface area contributed by atoms with E-state index in [4.69, 9.17) is 0 Å². The van der Waals surface area contributed by atoms with Crippen LogP contribution >= 0.6 is 0 Å². The summed E-state index contributed by atoms with van der Waals surface area (Å²) in [5.41, 5.74) is 6.05. The van der Waals surface area contributed by atoms with E-state index in [2.05, 4.69) is 84.9 Å². The summed E-state index contributed by atoms with van der Waals surface area (Å²) in [5, 5.41) is 0. The molecule has 3 aromatic carbocycles. The van der Waals surface area contributed by atoms with Gasteiger partial charge in [-0.05, 0) is 53.9 Å². The Labute approximate surface area is 145 Å². The highest BCUT2D eigenvalue weighted by molar-refractivity contribution is 5.42. The highest BCUT2D eigenvalue weighted by Gasteiger charge is 2.27. The zero-order valence-corrected chi connectivity index (χ0v) is 14.1. The van der Waals surface area contributed by atoms with Crippen LogP contribution in [0.15, 0.2) is 84.9 Å². The fourth-order valence-electron chi connectivity index (χ4n) is 4.20. The van der Waals surface area contributed by atoms with Gasteiger partial charge in [0.25, 0.3) is 0 Å². The molecule has 0 N–H and O–H groups in total. The van der Waals surface area contributed by atoms with E-state index in [1.54, 1.807) is 11.1 Å². The van der Waals surface area contributed by atoms with E-state index in [0.29, 0.717) is 11.8 Å². The first kappa shape index (κ1) is 15.2. The Bertz CT molecular complexity index is 773. The molecule has 0 nitrogen and oxygen atoms in total. The van der Waals surface area contributed by atoms with Crippen LogP contribution in [0.5, 0.6) is 0 Å². The Balaban J connectivity index is 1.57. The highest BCUT2D eigenvalue weighted by atomic mass is 14.3. The standard InChI is InChI=1S/C24H24/c1-3-9-19(10-4-1)15-16-21-17-18-23(20-11-5-2-6-12-20)24-14-8-7-13-22(21)24/h1-14,21,23H,15-18H2/t21-,23-/m1/s1. The van der Waals surface area contributed by atoms with Crippen molar-refractivity contribution in [2.24, 2.45) is 0 Å². The highest BCUT2D eigenvalue weighted by Crippen LogP contribution is 2.43. The molecule has 24 heavy (non-hydrogen) atoms. The van der Waals surface area contributed by atoms with Gasteiger partial charge in [-0.2, -0.15) is 0 Å². The summed E-state index contributed by atoms with van der Waals surface area (Å²) < 4.78 is 0. The van der Waals surface area contributed by atoms with Crippen molar-refractivity contribution in [2.45, 2.75) is 37.5 Å². The minimum absolute atomic E-state index is 0.565. The molecule has 0 radical (unpaired) electrons. The summed E-state index contributed by atoms with van der Waals surface area (Å²) in [6.45, 7) is 0. The first-order chi connectivity index (χ1) is 11.9. The largest absolute Gasteiger partial charge is 0.0622 e. The Morgan fingerprint density at radius 3 is 2.00 bits per heavy atom. The zero-order valence-electron chi connectivity index (χ0n) is 14.1. The van der Waals surface area contributed by atoms with Crippen LogP contribution in [0.2, 0.25) is 0 Å². The molecule has 0 heteroatoms. The van der Waals surface area contributed by atoms with E-state index in [9.17, 15) is 0 Å². The molecule has 120 valence electrons. The summed E-state index contributed by atoms with van der Waals surface area (Å²) in [7, 11) is 0. The minimum atomic E-state index is 0.565. The van der Waals surface area contributed by atoms with Gasteiger partial charge < -0.3 is 0 Å². The molecule has 0 saturated heterocycles. The van der Waals surface area contributed by atoms with Gasteiger partial charge in [0.05, 0.1) is 0 Å². The molecule has 0 aliphatic heterocycles. The van der Waals surface area contributed by atoms with E-state index >= 15 is 0 Å². The van der Waals surface area contributed by atoms with Crippen molar-refractivity contribution in [3.8, 4) is 0 Å². The lowest BCUT2D eigenvalue weighted by Crippen LogP contribution is -2.16. The lowest BCUT2D eigenvalue weighted by Gasteiger charge is -2.32. The molecule has 0 unspecified atom stereocenters. The van der Waals surface area contributed by atoms with Crippen molar-refractivity contribution in [1.82, 2.24) is 0 Å². The summed E-state index contributed by atoms with van der Waals surface area (Å²) in [6.07, 6.45) is 4.99. The van der Waals surface area contributed by atoms with E-state index in [1.807, 2.05) is 0 Å². The summed E-state index contributed by atoms with van der Waals surface area (Å²) in [4.78, 5) is 0. The quantitative estimate of drug-likeness (QED) is 0.528. The summed E-state index contributed by atoms with van der Waals surface area (Å²) in [5.74, 6) is 1.26. The Kier molecular flexibility index (Phi) is 4.46. The third-order valence-corrected chi connectivity index (χ3v) is 5.44. The van der Waals surface area contributed by atoms with Crippen molar-refractivity contribution in [3.63, 3.8) is 0 Å². The van der Waals surface area contributed by atoms with Gasteiger partial charge in [0.1, 0.15) is 0 Å². The van der Waals surface area contributed by atoms with Crippen molar-refractivity contribution in [3.05, 3.63) is 107 Å². The topological polar surface area (TPSA) is 0 Å². The Hall–Kier alpha value is -2.34. The van der Waals surface area contributed by atoms with Gasteiger partial charge in [0.15, 0.2) is 0 Å². The van der Waals surface area contributed by atoms with Crippen LogP contribution in [0.25, 0.3) is 0 Å². The van der Waals surface area contributed by atoms with Crippen LogP contribution < -0.4 is 0 Å². The molecule has 0 fully saturated rings. The fraction of sp³-hybridized carbons (Fsp3) is 0.250. The smallest absolute Gasteiger partial charge is 0.00923 e. The van der Waals surface area contributed by atoms with Gasteiger partial charge in [-0.3, -0.25) is 0 Å². The van der Waals surface area contributed by atoms with Crippen molar-refractivity contribution in [2.75, 3.05) is 0 Å². The zero-order chi connectivity index (χ0) is 16.2. The number of benzene rings is 3. The van der Waals surface area contributed by atoms with E-state index < -0.39 is 0 Å². The lowest BCUT2D eigenvalue weighted by atomic mass is 9.72. The lowest BCUT2D eigenvalue weighted by molar-refractivity contribution is 0.492. The van der Waals surface area contributed by atoms with Gasteiger partial charge in [-0.15, -0.1) is 0 Å². The van der Waals surface area contributed by atoms with Crippen LogP contribution in [0.3, 0.4) is 0 Å². The predicted octanol–water partition coefficient (Wildman–Crippen LogP) is 6.33. The molecule has 4 rings (SSSR count). The average molecular weight is 312 g/mol. The van der Waals surface area contributed by atoms with E-state index in [0.717, 1.165) is 0 Å². The minimum Gasteiger partial charge on any atom is -0.0622 e. The number of fused-ring (bicyclic) bond motifs is 1. The summed E-state index contributed by atoms with van der Waals surface area (Å²) in [6, 6.07) is 31.0. The van der Waals surface area contributed by atoms with Gasteiger partial charge in [0, 0.05) is 5.92 Å². The maximum absolute atomic E-state index is 2.36. The molecule has 0 aromatic heterocycles. The van der Waals surface area contributed by atoms with Crippen molar-refractivity contribution >= 4 is 0 Å². The van der Waals surface area contributed by atoms with E-state index in [1.165, 1.54) is 36.8 Å². The predicted molar refractivity (Wildman–Crippen MR) is 101 cm³/mol. The van der Waals surface area contributed by atoms with E-state index in [-0.39, 0.29) is 0 Å². The molecule has 1 aliphatic carbocycles. The monoisotopic (exact) mass is 312 g/mol. The molecular formula is C24H24. The van der Waals surface area contributed by atoms with Crippen LogP contribution in [0.4, 0.5) is 0 Å². The second kappa shape index (κ2) is 7.05. The molecule has 0 amide bonds. The van der Waals surface area contributed by atoms with Gasteiger partial charge in [-0.25, -0.2) is 0 Å². The maximum Gasteiger partial charge on any atom is 0.00923 e. The van der Waals surface area contributed by atoms with Gasteiger partial charge >= 0.3 is 0 Å². The second-order valence-electron chi connectivity index (χ2n) is 6.89. The number of hydrogen-bond donors (Lipinski definition) is 0. The first-order valence-electron chi connectivity index (χ1n) is 9.09. The second-order valence-corrected chi connectivity index (χ2v) is 6.89. The van der Waals surface area contributed by atoms with Crippen LogP contribution in [0.1, 0.15) is 53.4 Å². The van der Waals surface area contributed by atoms with Gasteiger partial charge in [0.2, 0.25) is 0 Å². The molecule has 1 aliphatic rings. The van der Waals surface area contributed by atoms with Crippen LogP contribution in [-0.2, 0) is 6.42 Å². The molecule has 0 saturated carbocycles. The van der Waals surface area contributed by atoms with Crippen molar-refractivity contribution < 1.29 is 0 Å². The SMILES string of the molecule is c1ccc(CC[C@@H]2CC[C@H](c3ccccc3)c3ccccc32)cc1. The third kappa shape index (κ3) is 3.14. The fourth-order valence-corrected chi connectivity index (χ4v) is 4.20. The molecular weight excluding hydrogens is 288 g/mol. The Morgan fingerprint density at radius 1 is 0.625 bits per heavy atom. The molecule has 2 atom stereocenters. The van der Waals surface area contributed by atoms with Gasteiger partial charge in [-0.1, -0.05) is 84.9 Å². The number of aryl methyl sites for hydroxylation is 1. The van der Waals surface area contributed by atoms with Crippen LogP contribution in [0, 0.1) is 0 Å². The third-order valence-electron chi connectivity index (χ3n) is 5.44.